The predicted molar refractivity (Wildman–Crippen MR) is 141 cm³/mol. The van der Waals surface area contributed by atoms with Crippen LogP contribution in [0.15, 0.2) is 16.8 Å². The van der Waals surface area contributed by atoms with Crippen LogP contribution in [0.5, 0.6) is 5.88 Å². The van der Waals surface area contributed by atoms with Gasteiger partial charge >= 0.3 is 6.03 Å². The molecule has 0 aromatic carbocycles. The van der Waals surface area contributed by atoms with Gasteiger partial charge in [-0.2, -0.15) is 0 Å². The van der Waals surface area contributed by atoms with Gasteiger partial charge in [0.25, 0.3) is 5.91 Å². The number of aliphatic hydroxyl groups is 2. The number of carbonyl (C=O) groups excluding carboxylic acids is 2. The van der Waals surface area contributed by atoms with Crippen molar-refractivity contribution in [1.82, 2.24) is 19.9 Å². The summed E-state index contributed by atoms with van der Waals surface area (Å²) in [5, 5.41) is 26.5. The van der Waals surface area contributed by atoms with Crippen molar-refractivity contribution in [2.24, 2.45) is 5.92 Å². The highest BCUT2D eigenvalue weighted by Gasteiger charge is 2.35. The standard InChI is InChI=1S/C27H37N5O6/c1-7-8-21(34)10-9-20-11-22-25(28-12-20)37-23(16(2)13-32(26(22)35)17(3)15-33)14-31(6)27(36)29-24-18(4)30-38-19(24)5/h11-12,16-17,21,23,33-34H,7-8,13-15H2,1-6H3,(H,29,36)/t16-,17+,21?,23-/m0/s1. The van der Waals surface area contributed by atoms with Crippen LogP contribution in [0.4, 0.5) is 10.5 Å². The molecular formula is C27H37N5O6. The van der Waals surface area contributed by atoms with E-state index < -0.39 is 18.2 Å². The lowest BCUT2D eigenvalue weighted by Gasteiger charge is -2.37. The number of ether oxygens (including phenoxy) is 1. The Morgan fingerprint density at radius 2 is 2.13 bits per heavy atom. The molecule has 3 N–H and O–H groups in total. The summed E-state index contributed by atoms with van der Waals surface area (Å²) < 4.78 is 11.4. The SMILES string of the molecule is CCCC(O)C#Cc1cnc2c(c1)C(=O)N([C@H](C)CO)C[C@H](C)[C@H](CN(C)C(=O)Nc1c(C)noc1C)O2. The highest BCUT2D eigenvalue weighted by Crippen LogP contribution is 2.27. The first-order valence-electron chi connectivity index (χ1n) is 12.8. The quantitative estimate of drug-likeness (QED) is 0.467. The fourth-order valence-corrected chi connectivity index (χ4v) is 4.12. The van der Waals surface area contributed by atoms with Crippen molar-refractivity contribution in [2.45, 2.75) is 65.7 Å². The summed E-state index contributed by atoms with van der Waals surface area (Å²) in [6.07, 6.45) is 1.56. The molecule has 3 amide bonds. The first-order valence-corrected chi connectivity index (χ1v) is 12.8. The van der Waals surface area contributed by atoms with Gasteiger partial charge in [-0.25, -0.2) is 9.78 Å². The van der Waals surface area contributed by atoms with E-state index >= 15 is 0 Å². The number of nitrogens with one attached hydrogen (secondary N) is 1. The zero-order chi connectivity index (χ0) is 28.0. The lowest BCUT2D eigenvalue weighted by molar-refractivity contribution is 0.0356. The molecule has 0 saturated heterocycles. The highest BCUT2D eigenvalue weighted by atomic mass is 16.5. The van der Waals surface area contributed by atoms with Crippen molar-refractivity contribution in [2.75, 3.05) is 32.1 Å². The molecule has 3 heterocycles. The molecule has 0 aliphatic carbocycles. The third-order valence-corrected chi connectivity index (χ3v) is 6.53. The van der Waals surface area contributed by atoms with Crippen LogP contribution < -0.4 is 10.1 Å². The lowest BCUT2D eigenvalue weighted by atomic mass is 10.00. The van der Waals surface area contributed by atoms with Crippen LogP contribution in [0.2, 0.25) is 0 Å². The minimum atomic E-state index is -0.766. The molecule has 206 valence electrons. The van der Waals surface area contributed by atoms with Crippen molar-refractivity contribution < 1.29 is 29.1 Å². The molecule has 0 bridgehead atoms. The fraction of sp³-hybridized carbons (Fsp3) is 0.556. The summed E-state index contributed by atoms with van der Waals surface area (Å²) in [5.74, 6) is 5.76. The Labute approximate surface area is 223 Å². The Morgan fingerprint density at radius 3 is 2.76 bits per heavy atom. The van der Waals surface area contributed by atoms with Gasteiger partial charge in [-0.1, -0.05) is 37.3 Å². The van der Waals surface area contributed by atoms with Crippen molar-refractivity contribution >= 4 is 17.6 Å². The van der Waals surface area contributed by atoms with E-state index in [1.54, 1.807) is 38.8 Å². The molecule has 0 fully saturated rings. The number of nitrogens with zero attached hydrogens (tertiary/aromatic N) is 4. The second kappa shape index (κ2) is 12.8. The summed E-state index contributed by atoms with van der Waals surface area (Å²) >= 11 is 0. The van der Waals surface area contributed by atoms with Crippen LogP contribution in [0.25, 0.3) is 0 Å². The predicted octanol–water partition coefficient (Wildman–Crippen LogP) is 2.58. The summed E-state index contributed by atoms with van der Waals surface area (Å²) in [4.78, 5) is 33.9. The topological polar surface area (TPSA) is 141 Å². The molecule has 4 atom stereocenters. The normalized spacial score (nSPS) is 18.7. The number of carbonyl (C=O) groups is 2. The molecule has 1 aliphatic rings. The maximum absolute atomic E-state index is 13.5. The first kappa shape index (κ1) is 28.9. The van der Waals surface area contributed by atoms with Gasteiger partial charge in [0.15, 0.2) is 5.76 Å². The lowest BCUT2D eigenvalue weighted by Crippen LogP contribution is -2.50. The zero-order valence-electron chi connectivity index (χ0n) is 22.8. The number of fused-ring (bicyclic) bond motifs is 1. The average Bonchev–Trinajstić information content (AvgIpc) is 3.21. The minimum Gasteiger partial charge on any atom is -0.472 e. The van der Waals surface area contributed by atoms with Crippen LogP contribution >= 0.6 is 0 Å². The van der Waals surface area contributed by atoms with E-state index in [-0.39, 0.29) is 42.5 Å². The number of anilines is 1. The van der Waals surface area contributed by atoms with Crippen LogP contribution in [0, 0.1) is 31.6 Å². The molecule has 1 aliphatic heterocycles. The van der Waals surface area contributed by atoms with E-state index in [1.807, 2.05) is 13.8 Å². The van der Waals surface area contributed by atoms with Crippen molar-refractivity contribution in [1.29, 1.82) is 0 Å². The van der Waals surface area contributed by atoms with Gasteiger partial charge in [0.2, 0.25) is 5.88 Å². The molecule has 2 aromatic rings. The number of hydrogen-bond acceptors (Lipinski definition) is 8. The van der Waals surface area contributed by atoms with E-state index in [9.17, 15) is 19.8 Å². The van der Waals surface area contributed by atoms with Crippen molar-refractivity contribution in [3.63, 3.8) is 0 Å². The summed E-state index contributed by atoms with van der Waals surface area (Å²) in [6, 6.07) is 0.783. The van der Waals surface area contributed by atoms with Gasteiger partial charge in [-0.15, -0.1) is 0 Å². The number of urea groups is 1. The summed E-state index contributed by atoms with van der Waals surface area (Å²) in [5.41, 5.74) is 1.77. The van der Waals surface area contributed by atoms with Crippen molar-refractivity contribution in [3.05, 3.63) is 34.8 Å². The fourth-order valence-electron chi connectivity index (χ4n) is 4.12. The van der Waals surface area contributed by atoms with Gasteiger partial charge < -0.3 is 34.6 Å². The number of pyridine rings is 1. The first-order chi connectivity index (χ1) is 18.0. The van der Waals surface area contributed by atoms with Gasteiger partial charge in [0, 0.05) is 31.3 Å². The average molecular weight is 528 g/mol. The second-order valence-electron chi connectivity index (χ2n) is 9.78. The van der Waals surface area contributed by atoms with Crippen LogP contribution in [-0.4, -0.2) is 87.1 Å². The van der Waals surface area contributed by atoms with Gasteiger partial charge in [-0.3, -0.25) is 4.79 Å². The maximum atomic E-state index is 13.5. The summed E-state index contributed by atoms with van der Waals surface area (Å²) in [7, 11) is 1.65. The maximum Gasteiger partial charge on any atom is 0.321 e. The molecule has 2 aromatic heterocycles. The van der Waals surface area contributed by atoms with E-state index in [0.717, 1.165) is 6.42 Å². The number of aryl methyl sites for hydroxylation is 2. The Morgan fingerprint density at radius 1 is 1.39 bits per heavy atom. The van der Waals surface area contributed by atoms with E-state index in [0.29, 0.717) is 35.7 Å². The minimum absolute atomic E-state index is 0.126. The Balaban J connectivity index is 1.89. The number of aromatic nitrogens is 2. The Bertz CT molecular complexity index is 1180. The van der Waals surface area contributed by atoms with Crippen molar-refractivity contribution in [3.8, 4) is 17.7 Å². The van der Waals surface area contributed by atoms with E-state index in [1.165, 1.54) is 11.1 Å². The van der Waals surface area contributed by atoms with Crippen LogP contribution in [0.3, 0.4) is 0 Å². The summed E-state index contributed by atoms with van der Waals surface area (Å²) in [6.45, 7) is 9.40. The molecule has 0 radical (unpaired) electrons. The molecular weight excluding hydrogens is 490 g/mol. The number of amides is 3. The molecule has 3 rings (SSSR count). The third-order valence-electron chi connectivity index (χ3n) is 6.53. The number of hydrogen-bond donors (Lipinski definition) is 3. The Hall–Kier alpha value is -3.62. The largest absolute Gasteiger partial charge is 0.472 e. The number of rotatable bonds is 7. The molecule has 0 saturated carbocycles. The Kier molecular flexibility index (Phi) is 9.72. The van der Waals surface area contributed by atoms with E-state index in [4.69, 9.17) is 9.26 Å². The molecule has 11 nitrogen and oxygen atoms in total. The number of aliphatic hydroxyl groups excluding tert-OH is 2. The number of likely N-dealkylation sites (N-methyl/N-ethyl adjacent to an activating group) is 1. The third kappa shape index (κ3) is 6.82. The van der Waals surface area contributed by atoms with Gasteiger partial charge in [-0.05, 0) is 33.3 Å². The zero-order valence-corrected chi connectivity index (χ0v) is 22.8. The van der Waals surface area contributed by atoms with Gasteiger partial charge in [0.05, 0.1) is 19.2 Å². The molecule has 1 unspecified atom stereocenters. The van der Waals surface area contributed by atoms with Gasteiger partial charge in [0.1, 0.15) is 29.2 Å². The molecule has 0 spiro atoms. The van der Waals surface area contributed by atoms with E-state index in [2.05, 4.69) is 27.3 Å². The van der Waals surface area contributed by atoms with Crippen LogP contribution in [-0.2, 0) is 0 Å². The van der Waals surface area contributed by atoms with Crippen LogP contribution in [0.1, 0.15) is 61.0 Å². The second-order valence-corrected chi connectivity index (χ2v) is 9.78. The smallest absolute Gasteiger partial charge is 0.321 e. The molecule has 38 heavy (non-hydrogen) atoms. The monoisotopic (exact) mass is 527 g/mol. The molecule has 11 heteroatoms. The highest BCUT2D eigenvalue weighted by molar-refractivity contribution is 5.97.